The Labute approximate surface area is 115 Å². The first kappa shape index (κ1) is 12.2. The molecule has 7 heteroatoms. The van der Waals surface area contributed by atoms with Crippen LogP contribution in [0.4, 0.5) is 5.95 Å². The Hall–Kier alpha value is -2.83. The Balaban J connectivity index is 1.72. The van der Waals surface area contributed by atoms with Crippen molar-refractivity contribution in [3.05, 3.63) is 48.3 Å². The molecule has 0 spiro atoms. The second-order valence-corrected chi connectivity index (χ2v) is 4.32. The number of nitrogens with one attached hydrogen (secondary N) is 2. The molecular formula is C13H13N7. The lowest BCUT2D eigenvalue weighted by Crippen LogP contribution is -2.09. The van der Waals surface area contributed by atoms with E-state index in [9.17, 15) is 0 Å². The van der Waals surface area contributed by atoms with Gasteiger partial charge >= 0.3 is 0 Å². The topological polar surface area (TPSA) is 92.3 Å². The van der Waals surface area contributed by atoms with E-state index in [1.165, 1.54) is 5.56 Å². The molecule has 0 saturated heterocycles. The minimum absolute atomic E-state index is 0.133. The van der Waals surface area contributed by atoms with E-state index in [0.717, 1.165) is 5.56 Å². The van der Waals surface area contributed by atoms with Gasteiger partial charge in [0.25, 0.3) is 0 Å². The first-order valence-electron chi connectivity index (χ1n) is 6.20. The number of aromatic amines is 1. The van der Waals surface area contributed by atoms with Crippen LogP contribution < -0.4 is 5.32 Å². The maximum Gasteiger partial charge on any atom is 0.223 e. The highest BCUT2D eigenvalue weighted by atomic mass is 15.5. The number of nitrogens with zero attached hydrogens (tertiary/aromatic N) is 5. The molecule has 0 amide bonds. The minimum atomic E-state index is 0.133. The molecule has 2 heterocycles. The van der Waals surface area contributed by atoms with E-state index in [1.54, 1.807) is 12.4 Å². The summed E-state index contributed by atoms with van der Waals surface area (Å²) < 4.78 is 0. The van der Waals surface area contributed by atoms with Crippen LogP contribution in [0.5, 0.6) is 0 Å². The van der Waals surface area contributed by atoms with Crippen LogP contribution >= 0.6 is 0 Å². The summed E-state index contributed by atoms with van der Waals surface area (Å²) in [6.07, 6.45) is 3.35. The Morgan fingerprint density at radius 3 is 2.50 bits per heavy atom. The normalized spacial score (nSPS) is 12.1. The van der Waals surface area contributed by atoms with Gasteiger partial charge in [-0.15, -0.1) is 5.10 Å². The van der Waals surface area contributed by atoms with Crippen molar-refractivity contribution >= 4 is 5.95 Å². The molecule has 20 heavy (non-hydrogen) atoms. The molecule has 0 aliphatic heterocycles. The summed E-state index contributed by atoms with van der Waals surface area (Å²) in [7, 11) is 0. The molecule has 7 nitrogen and oxygen atoms in total. The summed E-state index contributed by atoms with van der Waals surface area (Å²) >= 11 is 0. The standard InChI is InChI=1S/C13H13N7/c1-9(10-5-3-2-4-6-10)16-13-14-7-11(8-15-13)12-17-19-20-18-12/h2-9H,1H3,(H,14,15,16)(H,17,18,19,20). The van der Waals surface area contributed by atoms with Crippen LogP contribution in [0.1, 0.15) is 18.5 Å². The summed E-state index contributed by atoms with van der Waals surface area (Å²) in [4.78, 5) is 8.52. The van der Waals surface area contributed by atoms with E-state index in [1.807, 2.05) is 18.2 Å². The second-order valence-electron chi connectivity index (χ2n) is 4.32. The smallest absolute Gasteiger partial charge is 0.223 e. The zero-order valence-electron chi connectivity index (χ0n) is 10.9. The highest BCUT2D eigenvalue weighted by Crippen LogP contribution is 2.17. The SMILES string of the molecule is CC(Nc1ncc(-c2nnn[nH]2)cn1)c1ccccc1. The average Bonchev–Trinajstić information content (AvgIpc) is 3.03. The van der Waals surface area contributed by atoms with Crippen molar-refractivity contribution in [3.63, 3.8) is 0 Å². The minimum Gasteiger partial charge on any atom is -0.348 e. The summed E-state index contributed by atoms with van der Waals surface area (Å²) in [6, 6.07) is 10.3. The zero-order valence-corrected chi connectivity index (χ0v) is 10.9. The van der Waals surface area contributed by atoms with Crippen LogP contribution in [0, 0.1) is 0 Å². The molecule has 1 aromatic carbocycles. The van der Waals surface area contributed by atoms with Crippen molar-refractivity contribution in [1.29, 1.82) is 0 Å². The van der Waals surface area contributed by atoms with E-state index < -0.39 is 0 Å². The van der Waals surface area contributed by atoms with E-state index in [2.05, 4.69) is 55.0 Å². The third kappa shape index (κ3) is 2.61. The Bertz CT molecular complexity index is 649. The van der Waals surface area contributed by atoms with Gasteiger partial charge < -0.3 is 5.32 Å². The first-order chi connectivity index (χ1) is 9.83. The molecule has 0 aliphatic rings. The molecule has 0 fully saturated rings. The molecule has 0 aliphatic carbocycles. The molecule has 3 rings (SSSR count). The van der Waals surface area contributed by atoms with Gasteiger partial charge in [0.1, 0.15) is 0 Å². The van der Waals surface area contributed by atoms with Crippen LogP contribution in [-0.2, 0) is 0 Å². The number of H-pyrrole nitrogens is 1. The predicted molar refractivity (Wildman–Crippen MR) is 73.7 cm³/mol. The van der Waals surface area contributed by atoms with Crippen LogP contribution in [-0.4, -0.2) is 30.6 Å². The van der Waals surface area contributed by atoms with Crippen molar-refractivity contribution < 1.29 is 0 Å². The number of hydrogen-bond acceptors (Lipinski definition) is 6. The molecule has 3 aromatic rings. The van der Waals surface area contributed by atoms with Gasteiger partial charge in [0.05, 0.1) is 11.6 Å². The van der Waals surface area contributed by atoms with Gasteiger partial charge in [0.15, 0.2) is 5.82 Å². The third-order valence-corrected chi connectivity index (χ3v) is 2.92. The number of rotatable bonds is 4. The maximum absolute atomic E-state index is 4.26. The van der Waals surface area contributed by atoms with Gasteiger partial charge in [-0.3, -0.25) is 0 Å². The van der Waals surface area contributed by atoms with Gasteiger partial charge in [-0.05, 0) is 22.9 Å². The number of anilines is 1. The van der Waals surface area contributed by atoms with Crippen LogP contribution in [0.25, 0.3) is 11.4 Å². The van der Waals surface area contributed by atoms with Gasteiger partial charge in [0.2, 0.25) is 5.95 Å². The fraction of sp³-hybridized carbons (Fsp3) is 0.154. The number of tetrazole rings is 1. The van der Waals surface area contributed by atoms with E-state index in [0.29, 0.717) is 11.8 Å². The van der Waals surface area contributed by atoms with E-state index in [4.69, 9.17) is 0 Å². The second kappa shape index (κ2) is 5.43. The first-order valence-corrected chi connectivity index (χ1v) is 6.20. The van der Waals surface area contributed by atoms with Gasteiger partial charge in [-0.2, -0.15) is 0 Å². The van der Waals surface area contributed by atoms with Crippen molar-refractivity contribution in [2.45, 2.75) is 13.0 Å². The highest BCUT2D eigenvalue weighted by molar-refractivity contribution is 5.51. The van der Waals surface area contributed by atoms with Crippen molar-refractivity contribution in [2.24, 2.45) is 0 Å². The molecular weight excluding hydrogens is 254 g/mol. The predicted octanol–water partition coefficient (Wildman–Crippen LogP) is 1.83. The summed E-state index contributed by atoms with van der Waals surface area (Å²) in [5.74, 6) is 1.12. The number of hydrogen-bond donors (Lipinski definition) is 2. The molecule has 100 valence electrons. The third-order valence-electron chi connectivity index (χ3n) is 2.92. The summed E-state index contributed by atoms with van der Waals surface area (Å²) in [5, 5.41) is 16.8. The lowest BCUT2D eigenvalue weighted by atomic mass is 10.1. The molecule has 1 unspecified atom stereocenters. The average molecular weight is 267 g/mol. The van der Waals surface area contributed by atoms with Gasteiger partial charge in [-0.1, -0.05) is 30.3 Å². The largest absolute Gasteiger partial charge is 0.348 e. The van der Waals surface area contributed by atoms with Crippen LogP contribution in [0.3, 0.4) is 0 Å². The van der Waals surface area contributed by atoms with Gasteiger partial charge in [-0.25, -0.2) is 15.1 Å². The Morgan fingerprint density at radius 1 is 1.10 bits per heavy atom. The number of benzene rings is 1. The van der Waals surface area contributed by atoms with Crippen molar-refractivity contribution in [2.75, 3.05) is 5.32 Å². The van der Waals surface area contributed by atoms with E-state index in [-0.39, 0.29) is 6.04 Å². The molecule has 1 atom stereocenters. The lowest BCUT2D eigenvalue weighted by molar-refractivity contribution is 0.860. The van der Waals surface area contributed by atoms with Crippen molar-refractivity contribution in [1.82, 2.24) is 30.6 Å². The number of aromatic nitrogens is 6. The Kier molecular flexibility index (Phi) is 3.32. The quantitative estimate of drug-likeness (QED) is 0.749. The van der Waals surface area contributed by atoms with Crippen LogP contribution in [0.2, 0.25) is 0 Å². The maximum atomic E-state index is 4.26. The summed E-state index contributed by atoms with van der Waals surface area (Å²) in [6.45, 7) is 2.06. The summed E-state index contributed by atoms with van der Waals surface area (Å²) in [5.41, 5.74) is 1.92. The monoisotopic (exact) mass is 267 g/mol. The molecule has 0 saturated carbocycles. The molecule has 2 aromatic heterocycles. The van der Waals surface area contributed by atoms with Crippen LogP contribution in [0.15, 0.2) is 42.7 Å². The lowest BCUT2D eigenvalue weighted by Gasteiger charge is -2.13. The van der Waals surface area contributed by atoms with Crippen molar-refractivity contribution in [3.8, 4) is 11.4 Å². The molecule has 0 radical (unpaired) electrons. The fourth-order valence-electron chi connectivity index (χ4n) is 1.83. The molecule has 2 N–H and O–H groups in total. The van der Waals surface area contributed by atoms with Gasteiger partial charge in [0, 0.05) is 12.4 Å². The highest BCUT2D eigenvalue weighted by Gasteiger charge is 2.07. The zero-order chi connectivity index (χ0) is 13.8. The fourth-order valence-corrected chi connectivity index (χ4v) is 1.83. The Morgan fingerprint density at radius 2 is 1.85 bits per heavy atom. The van der Waals surface area contributed by atoms with E-state index >= 15 is 0 Å². The molecule has 0 bridgehead atoms.